The summed E-state index contributed by atoms with van der Waals surface area (Å²) in [6.45, 7) is 9.17. The number of hydrogen-bond acceptors (Lipinski definition) is 4. The van der Waals surface area contributed by atoms with Gasteiger partial charge in [-0.05, 0) is 82.5 Å². The normalized spacial score (nSPS) is 25.0. The molecule has 0 spiro atoms. The third-order valence-electron chi connectivity index (χ3n) is 6.18. The summed E-state index contributed by atoms with van der Waals surface area (Å²) >= 11 is 0. The molecule has 1 aromatic carbocycles. The summed E-state index contributed by atoms with van der Waals surface area (Å²) in [5, 5.41) is 0.552. The topological polar surface area (TPSA) is 47.4 Å². The van der Waals surface area contributed by atoms with Gasteiger partial charge in [0.2, 0.25) is 0 Å². The molecule has 30 heavy (non-hydrogen) atoms. The second-order valence-corrected chi connectivity index (χ2v) is 9.02. The highest BCUT2D eigenvalue weighted by Gasteiger charge is 2.26. The number of halogens is 1. The second-order valence-electron chi connectivity index (χ2n) is 9.02. The average molecular weight is 412 g/mol. The molecule has 2 heterocycles. The zero-order chi connectivity index (χ0) is 21.3. The number of rotatable bonds is 5. The van der Waals surface area contributed by atoms with Gasteiger partial charge < -0.3 is 9.64 Å². The molecule has 2 aromatic rings. The van der Waals surface area contributed by atoms with Crippen molar-refractivity contribution in [1.82, 2.24) is 14.5 Å². The van der Waals surface area contributed by atoms with Crippen molar-refractivity contribution in [3.8, 4) is 5.75 Å². The maximum atomic E-state index is 13.3. The predicted octanol–water partition coefficient (Wildman–Crippen LogP) is 4.47. The third-order valence-corrected chi connectivity index (χ3v) is 6.18. The van der Waals surface area contributed by atoms with E-state index >= 15 is 0 Å². The lowest BCUT2D eigenvalue weighted by atomic mass is 9.97. The summed E-state index contributed by atoms with van der Waals surface area (Å²) in [6.07, 6.45) is 9.06. The van der Waals surface area contributed by atoms with Crippen molar-refractivity contribution in [2.24, 2.45) is 5.92 Å². The van der Waals surface area contributed by atoms with Crippen LogP contribution in [0.2, 0.25) is 0 Å². The third kappa shape index (κ3) is 4.48. The number of piperidine rings is 1. The number of hydrogen-bond donors (Lipinski definition) is 0. The Labute approximate surface area is 176 Å². The van der Waals surface area contributed by atoms with E-state index in [1.165, 1.54) is 12.2 Å². The number of aromatic nitrogens is 2. The van der Waals surface area contributed by atoms with Crippen molar-refractivity contribution in [1.29, 1.82) is 0 Å². The first-order chi connectivity index (χ1) is 14.3. The highest BCUT2D eigenvalue weighted by Crippen LogP contribution is 2.29. The molecule has 0 amide bonds. The molecule has 4 rings (SSSR count). The molecule has 1 fully saturated rings. The first-order valence-electron chi connectivity index (χ1n) is 10.8. The van der Waals surface area contributed by atoms with Crippen molar-refractivity contribution < 1.29 is 9.13 Å². The molecule has 5 nitrogen and oxygen atoms in total. The first-order valence-corrected chi connectivity index (χ1v) is 10.8. The maximum absolute atomic E-state index is 13.3. The fourth-order valence-corrected chi connectivity index (χ4v) is 4.36. The second kappa shape index (κ2) is 8.34. The summed E-state index contributed by atoms with van der Waals surface area (Å²) in [4.78, 5) is 20.1. The molecule has 1 saturated heterocycles. The summed E-state index contributed by atoms with van der Waals surface area (Å²) in [6, 6.07) is 5.91. The van der Waals surface area contributed by atoms with Crippen LogP contribution in [0.3, 0.4) is 0 Å². The van der Waals surface area contributed by atoms with Gasteiger partial charge in [-0.1, -0.05) is 0 Å². The van der Waals surface area contributed by atoms with E-state index < -0.39 is 5.60 Å². The molecule has 1 aliphatic carbocycles. The minimum Gasteiger partial charge on any atom is -0.483 e. The Morgan fingerprint density at radius 3 is 2.93 bits per heavy atom. The van der Waals surface area contributed by atoms with E-state index in [0.29, 0.717) is 41.6 Å². The molecule has 0 bridgehead atoms. The molecule has 1 aliphatic heterocycles. The van der Waals surface area contributed by atoms with Gasteiger partial charge in [0.05, 0.1) is 17.2 Å². The van der Waals surface area contributed by atoms with Gasteiger partial charge in [0.25, 0.3) is 5.56 Å². The highest BCUT2D eigenvalue weighted by molar-refractivity contribution is 5.78. The zero-order valence-corrected chi connectivity index (χ0v) is 18.0. The van der Waals surface area contributed by atoms with E-state index in [0.717, 1.165) is 25.9 Å². The van der Waals surface area contributed by atoms with Crippen molar-refractivity contribution in [2.45, 2.75) is 58.2 Å². The standard InChI is InChI=1S/C24H30FN3O2/c1-17(2)27-12-4-5-18(14-27)15-28-16-26-22-7-6-20(13-21(22)23(28)29)30-24(3)10-8-19(25)9-11-24/h6-10,13,16-18H,4-5,11-12,14-15H2,1-3H3. The van der Waals surface area contributed by atoms with Crippen LogP contribution in [0.1, 0.15) is 40.0 Å². The van der Waals surface area contributed by atoms with Crippen LogP contribution in [0.4, 0.5) is 4.39 Å². The van der Waals surface area contributed by atoms with Gasteiger partial charge in [0.1, 0.15) is 17.2 Å². The van der Waals surface area contributed by atoms with E-state index in [1.807, 2.05) is 19.1 Å². The van der Waals surface area contributed by atoms with Crippen LogP contribution in [-0.2, 0) is 6.54 Å². The van der Waals surface area contributed by atoms with Gasteiger partial charge in [-0.25, -0.2) is 9.37 Å². The Hall–Kier alpha value is -2.47. The largest absolute Gasteiger partial charge is 0.483 e. The summed E-state index contributed by atoms with van der Waals surface area (Å²) < 4.78 is 21.1. The van der Waals surface area contributed by atoms with Gasteiger partial charge in [-0.2, -0.15) is 0 Å². The molecule has 2 unspecified atom stereocenters. The average Bonchev–Trinajstić information content (AvgIpc) is 2.73. The van der Waals surface area contributed by atoms with E-state index in [4.69, 9.17) is 4.74 Å². The van der Waals surface area contributed by atoms with Crippen LogP contribution in [-0.4, -0.2) is 39.2 Å². The van der Waals surface area contributed by atoms with Crippen LogP contribution in [0.5, 0.6) is 5.75 Å². The van der Waals surface area contributed by atoms with E-state index in [9.17, 15) is 9.18 Å². The number of fused-ring (bicyclic) bond motifs is 1. The monoisotopic (exact) mass is 411 g/mol. The summed E-state index contributed by atoms with van der Waals surface area (Å²) in [7, 11) is 0. The fraction of sp³-hybridized carbons (Fsp3) is 0.500. The van der Waals surface area contributed by atoms with E-state index in [1.54, 1.807) is 23.0 Å². The first kappa shape index (κ1) is 20.8. The Morgan fingerprint density at radius 1 is 1.37 bits per heavy atom. The van der Waals surface area contributed by atoms with Gasteiger partial charge in [0.15, 0.2) is 0 Å². The highest BCUT2D eigenvalue weighted by atomic mass is 19.1. The van der Waals surface area contributed by atoms with Gasteiger partial charge in [-0.3, -0.25) is 9.36 Å². The number of benzene rings is 1. The number of ether oxygens (including phenoxy) is 1. The molecule has 0 saturated carbocycles. The Balaban J connectivity index is 1.56. The van der Waals surface area contributed by atoms with Crippen LogP contribution < -0.4 is 10.3 Å². The lowest BCUT2D eigenvalue weighted by Crippen LogP contribution is -2.42. The molecule has 6 heteroatoms. The number of allylic oxidation sites excluding steroid dienone is 2. The SMILES string of the molecule is CC(C)N1CCCC(Cn2cnc3ccc(OC4(C)C=CC(F)=CC4)cc3c2=O)C1. The van der Waals surface area contributed by atoms with Crippen LogP contribution >= 0.6 is 0 Å². The van der Waals surface area contributed by atoms with E-state index in [-0.39, 0.29) is 11.4 Å². The number of likely N-dealkylation sites (tertiary alicyclic amines) is 1. The quantitative estimate of drug-likeness (QED) is 0.728. The van der Waals surface area contributed by atoms with Gasteiger partial charge in [0, 0.05) is 25.6 Å². The molecule has 2 atom stereocenters. The Bertz CT molecular complexity index is 1040. The van der Waals surface area contributed by atoms with Gasteiger partial charge >= 0.3 is 0 Å². The van der Waals surface area contributed by atoms with Crippen LogP contribution in [0, 0.1) is 5.92 Å². The van der Waals surface area contributed by atoms with Crippen molar-refractivity contribution in [3.05, 3.63) is 58.9 Å². The lowest BCUT2D eigenvalue weighted by Gasteiger charge is -2.35. The molecule has 2 aliphatic rings. The van der Waals surface area contributed by atoms with E-state index in [2.05, 4.69) is 23.7 Å². The minimum atomic E-state index is -0.632. The number of nitrogens with zero attached hydrogens (tertiary/aromatic N) is 3. The minimum absolute atomic E-state index is 0.0394. The molecule has 1 aromatic heterocycles. The smallest absolute Gasteiger partial charge is 0.261 e. The zero-order valence-electron chi connectivity index (χ0n) is 18.0. The van der Waals surface area contributed by atoms with Gasteiger partial charge in [-0.15, -0.1) is 0 Å². The Kier molecular flexibility index (Phi) is 5.78. The van der Waals surface area contributed by atoms with Crippen LogP contribution in [0.15, 0.2) is 53.4 Å². The van der Waals surface area contributed by atoms with Crippen molar-refractivity contribution >= 4 is 10.9 Å². The predicted molar refractivity (Wildman–Crippen MR) is 117 cm³/mol. The van der Waals surface area contributed by atoms with Crippen molar-refractivity contribution in [3.63, 3.8) is 0 Å². The molecular formula is C24H30FN3O2. The maximum Gasteiger partial charge on any atom is 0.261 e. The van der Waals surface area contributed by atoms with Crippen LogP contribution in [0.25, 0.3) is 10.9 Å². The molecule has 0 N–H and O–H groups in total. The molecule has 0 radical (unpaired) electrons. The fourth-order valence-electron chi connectivity index (χ4n) is 4.36. The Morgan fingerprint density at radius 2 is 2.20 bits per heavy atom. The molecule has 160 valence electrons. The lowest BCUT2D eigenvalue weighted by molar-refractivity contribution is 0.130. The summed E-state index contributed by atoms with van der Waals surface area (Å²) in [5.41, 5.74) is -0.0129. The molecular weight excluding hydrogens is 381 g/mol. The van der Waals surface area contributed by atoms with Crippen molar-refractivity contribution in [2.75, 3.05) is 13.1 Å². The summed E-state index contributed by atoms with van der Waals surface area (Å²) in [5.74, 6) is 0.788.